The molecule has 3 aromatic carbocycles. The molecule has 268 valence electrons. The lowest BCUT2D eigenvalue weighted by atomic mass is 9.98. The Morgan fingerprint density at radius 2 is 1.66 bits per heavy atom. The van der Waals surface area contributed by atoms with E-state index >= 15 is 0 Å². The van der Waals surface area contributed by atoms with Gasteiger partial charge in [0.25, 0.3) is 0 Å². The molecule has 3 heterocycles. The Morgan fingerprint density at radius 1 is 0.920 bits per heavy atom. The average molecular weight is 696 g/mol. The molecule has 3 aliphatic rings. The summed E-state index contributed by atoms with van der Waals surface area (Å²) in [5, 5.41) is 12.2. The molecule has 0 spiro atoms. The normalized spacial score (nSPS) is 24.4. The number of hydrogen-bond acceptors (Lipinski definition) is 7. The molecule has 0 aromatic heterocycles. The Morgan fingerprint density at radius 3 is 2.38 bits per heavy atom. The third-order valence-corrected chi connectivity index (χ3v) is 9.88. The van der Waals surface area contributed by atoms with Crippen molar-refractivity contribution in [3.63, 3.8) is 0 Å². The minimum absolute atomic E-state index is 0.0212. The van der Waals surface area contributed by atoms with E-state index < -0.39 is 30.3 Å². The number of likely N-dealkylation sites (tertiary alicyclic amines) is 2. The van der Waals surface area contributed by atoms with Crippen LogP contribution in [-0.2, 0) is 37.0 Å². The smallest absolute Gasteiger partial charge is 0.392 e. The predicted molar refractivity (Wildman–Crippen MR) is 179 cm³/mol. The van der Waals surface area contributed by atoms with Crippen LogP contribution in [0.1, 0.15) is 66.8 Å². The van der Waals surface area contributed by atoms with Gasteiger partial charge in [-0.2, -0.15) is 13.2 Å². The van der Waals surface area contributed by atoms with E-state index in [-0.39, 0.29) is 38.3 Å². The maximum absolute atomic E-state index is 13.0. The highest BCUT2D eigenvalue weighted by molar-refractivity contribution is 5.90. The first-order valence-electron chi connectivity index (χ1n) is 17.2. The zero-order valence-electron chi connectivity index (χ0n) is 28.1. The number of benzene rings is 3. The van der Waals surface area contributed by atoms with Gasteiger partial charge in [0.2, 0.25) is 5.91 Å². The molecule has 12 heteroatoms. The Labute approximate surface area is 290 Å². The number of aliphatic hydroxyl groups excluding tert-OH is 1. The molecular weight excluding hydrogens is 651 g/mol. The molecule has 6 rings (SSSR count). The monoisotopic (exact) mass is 695 g/mol. The van der Waals surface area contributed by atoms with Gasteiger partial charge < -0.3 is 29.5 Å². The van der Waals surface area contributed by atoms with Crippen molar-refractivity contribution < 1.29 is 42.1 Å². The third kappa shape index (κ3) is 8.55. The number of carbonyl (C=O) groups excluding carboxylic acids is 2. The average Bonchev–Trinajstić information content (AvgIpc) is 3.80. The first-order chi connectivity index (χ1) is 24.1. The van der Waals surface area contributed by atoms with E-state index in [2.05, 4.69) is 10.2 Å². The zero-order valence-corrected chi connectivity index (χ0v) is 28.1. The number of halogens is 3. The van der Waals surface area contributed by atoms with Gasteiger partial charge in [0.1, 0.15) is 6.04 Å². The van der Waals surface area contributed by atoms with E-state index in [4.69, 9.17) is 14.2 Å². The van der Waals surface area contributed by atoms with Crippen molar-refractivity contribution in [1.82, 2.24) is 15.1 Å². The molecule has 0 saturated carbocycles. The van der Waals surface area contributed by atoms with Gasteiger partial charge in [-0.15, -0.1) is 0 Å². The molecule has 2 N–H and O–H groups in total. The summed E-state index contributed by atoms with van der Waals surface area (Å²) in [5.41, 5.74) is 5.36. The second-order valence-corrected chi connectivity index (χ2v) is 13.3. The Kier molecular flexibility index (Phi) is 11.5. The van der Waals surface area contributed by atoms with Crippen LogP contribution in [0.15, 0.2) is 72.8 Å². The summed E-state index contributed by atoms with van der Waals surface area (Å²) in [6.45, 7) is 2.47. The van der Waals surface area contributed by atoms with Crippen LogP contribution in [0, 0.1) is 0 Å². The molecule has 3 aromatic rings. The Hall–Kier alpha value is -3.81. The van der Waals surface area contributed by atoms with Crippen LogP contribution in [0.5, 0.6) is 0 Å². The maximum atomic E-state index is 13.0. The van der Waals surface area contributed by atoms with E-state index in [9.17, 15) is 27.9 Å². The number of hydrogen-bond donors (Lipinski definition) is 2. The fourth-order valence-corrected chi connectivity index (χ4v) is 7.26. The highest BCUT2D eigenvalue weighted by atomic mass is 19.4. The molecule has 50 heavy (non-hydrogen) atoms. The Balaban J connectivity index is 1.13. The van der Waals surface area contributed by atoms with Crippen molar-refractivity contribution >= 4 is 11.8 Å². The third-order valence-electron chi connectivity index (χ3n) is 9.88. The number of nitrogens with zero attached hydrogens (tertiary/aromatic N) is 2. The van der Waals surface area contributed by atoms with Crippen LogP contribution in [0.4, 0.5) is 13.2 Å². The number of alkyl halides is 3. The Bertz CT molecular complexity index is 1600. The van der Waals surface area contributed by atoms with Crippen LogP contribution in [0.25, 0.3) is 11.1 Å². The van der Waals surface area contributed by atoms with Gasteiger partial charge in [-0.3, -0.25) is 14.5 Å². The highest BCUT2D eigenvalue weighted by Gasteiger charge is 2.47. The summed E-state index contributed by atoms with van der Waals surface area (Å²) in [6.07, 6.45) is -2.40. The van der Waals surface area contributed by atoms with E-state index in [0.717, 1.165) is 59.3 Å². The van der Waals surface area contributed by atoms with Crippen molar-refractivity contribution in [3.05, 3.63) is 95.1 Å². The summed E-state index contributed by atoms with van der Waals surface area (Å²) in [5.74, 6) is -2.57. The van der Waals surface area contributed by atoms with Crippen molar-refractivity contribution in [2.24, 2.45) is 0 Å². The van der Waals surface area contributed by atoms with E-state index in [1.165, 1.54) is 0 Å². The van der Waals surface area contributed by atoms with Crippen LogP contribution in [-0.4, -0.2) is 84.4 Å². The molecule has 0 bridgehead atoms. The van der Waals surface area contributed by atoms with Gasteiger partial charge in [0, 0.05) is 44.8 Å². The number of methoxy groups -OCH3 is 1. The number of nitrogens with one attached hydrogen (secondary N) is 1. The standard InChI is InChI=1S/C38H44F3N3O6/c1-48-24-31-7-3-17-43(31)22-32-20-34(28-11-9-25(23-45)10-12-28)50-36(49-32)29-15-13-27(14-16-29)30-6-2-5-26(19-30)21-42-35(46)33-8-4-18-44(33)37(47)38(39,40)41/h2,5-6,9-16,19,31-34,36,45H,3-4,7-8,17-18,20-24H2,1H3,(H,42,46). The number of amides is 2. The number of ether oxygens (including phenoxy) is 3. The van der Waals surface area contributed by atoms with Crippen molar-refractivity contribution in [2.75, 3.05) is 33.4 Å². The molecule has 5 atom stereocenters. The van der Waals surface area contributed by atoms with Gasteiger partial charge >= 0.3 is 12.1 Å². The van der Waals surface area contributed by atoms with Crippen molar-refractivity contribution in [1.29, 1.82) is 0 Å². The minimum atomic E-state index is -5.01. The summed E-state index contributed by atoms with van der Waals surface area (Å²) in [4.78, 5) is 27.7. The summed E-state index contributed by atoms with van der Waals surface area (Å²) in [6, 6.07) is 22.6. The van der Waals surface area contributed by atoms with Gasteiger partial charge in [-0.1, -0.05) is 66.7 Å². The van der Waals surface area contributed by atoms with E-state index in [0.29, 0.717) is 30.4 Å². The lowest BCUT2D eigenvalue weighted by Crippen LogP contribution is -2.50. The first-order valence-corrected chi connectivity index (χ1v) is 17.2. The van der Waals surface area contributed by atoms with Gasteiger partial charge in [-0.25, -0.2) is 0 Å². The molecule has 0 radical (unpaired) electrons. The van der Waals surface area contributed by atoms with Crippen molar-refractivity contribution in [2.45, 2.75) is 82.0 Å². The van der Waals surface area contributed by atoms with Gasteiger partial charge in [0.15, 0.2) is 6.29 Å². The predicted octanol–water partition coefficient (Wildman–Crippen LogP) is 5.67. The largest absolute Gasteiger partial charge is 0.471 e. The van der Waals surface area contributed by atoms with E-state index in [1.54, 1.807) is 7.11 Å². The zero-order chi connectivity index (χ0) is 35.3. The molecule has 9 nitrogen and oxygen atoms in total. The SMILES string of the molecule is COCC1CCCN1CC1CC(c2ccc(CO)cc2)OC(c2ccc(-c3cccc(CNC(=O)C4CCCN4C(=O)C(F)(F)F)c3)cc2)O1. The van der Waals surface area contributed by atoms with Crippen LogP contribution >= 0.6 is 0 Å². The summed E-state index contributed by atoms with van der Waals surface area (Å²) in [7, 11) is 1.74. The first kappa shape index (κ1) is 36.0. The molecule has 5 unspecified atom stereocenters. The quantitative estimate of drug-likeness (QED) is 0.267. The fourth-order valence-electron chi connectivity index (χ4n) is 7.26. The molecule has 0 aliphatic carbocycles. The van der Waals surface area contributed by atoms with Gasteiger partial charge in [0.05, 0.1) is 25.4 Å². The summed E-state index contributed by atoms with van der Waals surface area (Å²) >= 11 is 0. The van der Waals surface area contributed by atoms with E-state index in [1.807, 2.05) is 72.8 Å². The van der Waals surface area contributed by atoms with Crippen molar-refractivity contribution in [3.8, 4) is 11.1 Å². The van der Waals surface area contributed by atoms with Gasteiger partial charge in [-0.05, 0) is 66.1 Å². The minimum Gasteiger partial charge on any atom is -0.392 e. The lowest BCUT2D eigenvalue weighted by Gasteiger charge is -2.38. The second kappa shape index (κ2) is 16.0. The fraction of sp³-hybridized carbons (Fsp3) is 0.474. The molecule has 2 amide bonds. The number of rotatable bonds is 11. The molecule has 3 fully saturated rings. The lowest BCUT2D eigenvalue weighted by molar-refractivity contribution is -0.253. The molecule has 3 saturated heterocycles. The number of carbonyl (C=O) groups is 2. The topological polar surface area (TPSA) is 101 Å². The molecular formula is C38H44F3N3O6. The second-order valence-electron chi connectivity index (χ2n) is 13.3. The van der Waals surface area contributed by atoms with Crippen LogP contribution < -0.4 is 5.32 Å². The maximum Gasteiger partial charge on any atom is 0.471 e. The molecule has 3 aliphatic heterocycles. The highest BCUT2D eigenvalue weighted by Crippen LogP contribution is 2.39. The van der Waals surface area contributed by atoms with Crippen LogP contribution in [0.3, 0.4) is 0 Å². The van der Waals surface area contributed by atoms with Crippen LogP contribution in [0.2, 0.25) is 0 Å². The number of aliphatic hydroxyl groups is 1. The summed E-state index contributed by atoms with van der Waals surface area (Å²) < 4.78 is 57.7.